The van der Waals surface area contributed by atoms with Gasteiger partial charge in [0.05, 0.1) is 24.5 Å². The maximum Gasteiger partial charge on any atom is 0.273 e. The van der Waals surface area contributed by atoms with Crippen molar-refractivity contribution < 1.29 is 19.2 Å². The Hall–Kier alpha value is -5.38. The molecule has 0 unspecified atom stereocenters. The van der Waals surface area contributed by atoms with Gasteiger partial charge in [-0.15, -0.1) is 0 Å². The number of amides is 4. The van der Waals surface area contributed by atoms with Crippen molar-refractivity contribution in [1.29, 1.82) is 0 Å². The molecule has 0 N–H and O–H groups in total. The standard InChI is InChI=1S/C38H38N6O4/c45-35-31-17-8-18-32(40-31)36(46)44-22-10-20-34(44)38(48)42(24-28-13-5-2-6-14-28)26-30-16-7-15-29(39-30)25-41(23-27-11-3-1-4-12-27)37(47)33-19-9-21-43(33)35/h1-8,11-18,33-34H,9-10,19-26H2/t33-,34-/m0/s1. The molecule has 2 aromatic carbocycles. The first-order valence-electron chi connectivity index (χ1n) is 16.6. The number of hydrogen-bond acceptors (Lipinski definition) is 6. The Morgan fingerprint density at radius 1 is 0.521 bits per heavy atom. The third-order valence-corrected chi connectivity index (χ3v) is 9.41. The number of nitrogens with zero attached hydrogens (tertiary/aromatic N) is 6. The molecule has 48 heavy (non-hydrogen) atoms. The van der Waals surface area contributed by atoms with Crippen molar-refractivity contribution >= 4 is 23.6 Å². The second-order valence-electron chi connectivity index (χ2n) is 12.7. The summed E-state index contributed by atoms with van der Waals surface area (Å²) in [5.41, 5.74) is 3.53. The van der Waals surface area contributed by atoms with E-state index in [9.17, 15) is 19.2 Å². The number of carbonyl (C=O) groups is 4. The van der Waals surface area contributed by atoms with E-state index >= 15 is 0 Å². The summed E-state index contributed by atoms with van der Waals surface area (Å²) < 4.78 is 0. The minimum Gasteiger partial charge on any atom is -0.331 e. The van der Waals surface area contributed by atoms with Crippen molar-refractivity contribution in [3.8, 4) is 0 Å². The van der Waals surface area contributed by atoms with Gasteiger partial charge in [-0.2, -0.15) is 0 Å². The zero-order valence-corrected chi connectivity index (χ0v) is 26.8. The van der Waals surface area contributed by atoms with E-state index in [2.05, 4.69) is 4.98 Å². The topological polar surface area (TPSA) is 107 Å². The van der Waals surface area contributed by atoms with Crippen LogP contribution in [-0.2, 0) is 35.8 Å². The molecular formula is C38H38N6O4. The fourth-order valence-corrected chi connectivity index (χ4v) is 7.05. The number of benzene rings is 2. The van der Waals surface area contributed by atoms with Crippen LogP contribution in [0.15, 0.2) is 97.1 Å². The van der Waals surface area contributed by atoms with Crippen LogP contribution in [0, 0.1) is 0 Å². The Kier molecular flexibility index (Phi) is 8.96. The zero-order valence-electron chi connectivity index (χ0n) is 26.8. The predicted molar refractivity (Wildman–Crippen MR) is 178 cm³/mol. The fraction of sp³-hybridized carbons (Fsp3) is 0.316. The number of aromatic nitrogens is 2. The van der Waals surface area contributed by atoms with Gasteiger partial charge in [0.25, 0.3) is 11.8 Å². The monoisotopic (exact) mass is 642 g/mol. The molecule has 2 aromatic heterocycles. The summed E-state index contributed by atoms with van der Waals surface area (Å²) in [6.45, 7) is 2.02. The summed E-state index contributed by atoms with van der Waals surface area (Å²) >= 11 is 0. The van der Waals surface area contributed by atoms with E-state index in [1.165, 1.54) is 0 Å². The number of pyridine rings is 2. The highest BCUT2D eigenvalue weighted by molar-refractivity contribution is 6.00. The molecular weight excluding hydrogens is 604 g/mol. The van der Waals surface area contributed by atoms with Crippen LogP contribution in [0.2, 0.25) is 0 Å². The van der Waals surface area contributed by atoms with E-state index in [1.54, 1.807) is 37.8 Å². The van der Waals surface area contributed by atoms with Gasteiger partial charge in [0.2, 0.25) is 11.8 Å². The van der Waals surface area contributed by atoms with Gasteiger partial charge in [0, 0.05) is 26.2 Å². The van der Waals surface area contributed by atoms with E-state index in [0.717, 1.165) is 11.1 Å². The van der Waals surface area contributed by atoms with Crippen molar-refractivity contribution in [2.45, 2.75) is 63.9 Å². The molecule has 2 atom stereocenters. The second-order valence-corrected chi connectivity index (χ2v) is 12.7. The van der Waals surface area contributed by atoms with Gasteiger partial charge in [-0.05, 0) is 61.1 Å². The summed E-state index contributed by atoms with van der Waals surface area (Å²) in [6, 6.07) is 28.7. The molecule has 4 amide bonds. The Labute approximate surface area is 280 Å². The molecule has 0 aliphatic carbocycles. The molecule has 7 rings (SSSR count). The molecule has 0 radical (unpaired) electrons. The van der Waals surface area contributed by atoms with E-state index < -0.39 is 12.1 Å². The predicted octanol–water partition coefficient (Wildman–Crippen LogP) is 4.46. The van der Waals surface area contributed by atoms with Crippen LogP contribution in [-0.4, -0.2) is 78.4 Å². The van der Waals surface area contributed by atoms with Crippen LogP contribution in [0.5, 0.6) is 0 Å². The van der Waals surface area contributed by atoms with Gasteiger partial charge in [-0.3, -0.25) is 24.2 Å². The molecule has 2 fully saturated rings. The van der Waals surface area contributed by atoms with Crippen LogP contribution >= 0.6 is 0 Å². The Bertz CT molecular complexity index is 1690. The number of carbonyl (C=O) groups excluding carboxylic acids is 4. The molecule has 0 spiro atoms. The molecule has 3 aliphatic rings. The van der Waals surface area contributed by atoms with Crippen molar-refractivity contribution in [3.05, 3.63) is 131 Å². The Morgan fingerprint density at radius 3 is 1.42 bits per heavy atom. The first-order chi connectivity index (χ1) is 23.4. The van der Waals surface area contributed by atoms with Gasteiger partial charge in [-0.1, -0.05) is 72.8 Å². The van der Waals surface area contributed by atoms with Crippen LogP contribution in [0.4, 0.5) is 0 Å². The molecule has 0 saturated carbocycles. The van der Waals surface area contributed by atoms with Gasteiger partial charge in [-0.25, -0.2) is 4.98 Å². The van der Waals surface area contributed by atoms with Crippen LogP contribution in [0.3, 0.4) is 0 Å². The normalized spacial score (nSPS) is 20.4. The van der Waals surface area contributed by atoms with Crippen LogP contribution < -0.4 is 0 Å². The van der Waals surface area contributed by atoms with Crippen molar-refractivity contribution in [2.24, 2.45) is 0 Å². The minimum absolute atomic E-state index is 0.110. The van der Waals surface area contributed by atoms with Crippen LogP contribution in [0.25, 0.3) is 0 Å². The van der Waals surface area contributed by atoms with E-state index in [0.29, 0.717) is 63.3 Å². The molecule has 3 aliphatic heterocycles. The molecule has 10 nitrogen and oxygen atoms in total. The highest BCUT2D eigenvalue weighted by atomic mass is 16.2. The lowest BCUT2D eigenvalue weighted by molar-refractivity contribution is -0.137. The smallest absolute Gasteiger partial charge is 0.273 e. The highest BCUT2D eigenvalue weighted by Crippen LogP contribution is 2.26. The SMILES string of the molecule is O=C1[C@@H]2CCCN2C(=O)c2cccc(n2)C(=O)N2CCC[C@H]2C(=O)N(Cc2ccccc2)Cc2cccc(n2)CN1Cc1ccccc1. The number of rotatable bonds is 4. The van der Waals surface area contributed by atoms with Crippen molar-refractivity contribution in [2.75, 3.05) is 13.1 Å². The Balaban J connectivity index is 1.30. The quantitative estimate of drug-likeness (QED) is 0.326. The molecule has 244 valence electrons. The number of fused-ring (bicyclic) bond motifs is 6. The highest BCUT2D eigenvalue weighted by Gasteiger charge is 2.40. The first kappa shape index (κ1) is 31.2. The van der Waals surface area contributed by atoms with E-state index in [-0.39, 0.29) is 48.1 Å². The summed E-state index contributed by atoms with van der Waals surface area (Å²) in [5.74, 6) is -1.09. The Morgan fingerprint density at radius 2 is 0.958 bits per heavy atom. The van der Waals surface area contributed by atoms with Crippen molar-refractivity contribution in [3.63, 3.8) is 0 Å². The molecule has 5 heterocycles. The maximum absolute atomic E-state index is 14.3. The maximum atomic E-state index is 14.3. The summed E-state index contributed by atoms with van der Waals surface area (Å²) in [6.07, 6.45) is 2.44. The van der Waals surface area contributed by atoms with Gasteiger partial charge >= 0.3 is 0 Å². The minimum atomic E-state index is -0.661. The molecule has 4 bridgehead atoms. The molecule has 4 aromatic rings. The molecule has 2 saturated heterocycles. The fourth-order valence-electron chi connectivity index (χ4n) is 7.05. The first-order valence-corrected chi connectivity index (χ1v) is 16.6. The number of hydrogen-bond donors (Lipinski definition) is 0. The van der Waals surface area contributed by atoms with Gasteiger partial charge < -0.3 is 19.6 Å². The van der Waals surface area contributed by atoms with Gasteiger partial charge in [0.1, 0.15) is 23.5 Å². The van der Waals surface area contributed by atoms with Crippen LogP contribution in [0.1, 0.15) is 69.2 Å². The average molecular weight is 643 g/mol. The van der Waals surface area contributed by atoms with Crippen molar-refractivity contribution in [1.82, 2.24) is 29.6 Å². The third-order valence-electron chi connectivity index (χ3n) is 9.41. The lowest BCUT2D eigenvalue weighted by Gasteiger charge is -2.32. The zero-order chi connectivity index (χ0) is 33.0. The third kappa shape index (κ3) is 6.56. The summed E-state index contributed by atoms with van der Waals surface area (Å²) in [4.78, 5) is 72.7. The molecule has 10 heteroatoms. The summed E-state index contributed by atoms with van der Waals surface area (Å²) in [7, 11) is 0. The lowest BCUT2D eigenvalue weighted by atomic mass is 10.1. The largest absolute Gasteiger partial charge is 0.331 e. The van der Waals surface area contributed by atoms with E-state index in [1.807, 2.05) is 78.9 Å². The average Bonchev–Trinajstić information content (AvgIpc) is 3.82. The lowest BCUT2D eigenvalue weighted by Crippen LogP contribution is -2.48. The van der Waals surface area contributed by atoms with E-state index in [4.69, 9.17) is 4.98 Å². The summed E-state index contributed by atoms with van der Waals surface area (Å²) in [5, 5.41) is 0. The second kappa shape index (κ2) is 13.8. The van der Waals surface area contributed by atoms with Gasteiger partial charge in [0.15, 0.2) is 0 Å².